The summed E-state index contributed by atoms with van der Waals surface area (Å²) in [4.78, 5) is 10.2. The van der Waals surface area contributed by atoms with Crippen LogP contribution < -0.4 is 10.0 Å². The molecule has 1 heterocycles. The SMILES string of the molecule is O=C(O)CCS(=O)(=O)N[C@@H]1CCCNC1. The minimum atomic E-state index is -3.45. The van der Waals surface area contributed by atoms with Gasteiger partial charge in [-0.05, 0) is 19.4 Å². The van der Waals surface area contributed by atoms with Crippen LogP contribution in [-0.4, -0.2) is 44.4 Å². The van der Waals surface area contributed by atoms with E-state index in [0.29, 0.717) is 6.54 Å². The summed E-state index contributed by atoms with van der Waals surface area (Å²) < 4.78 is 25.3. The summed E-state index contributed by atoms with van der Waals surface area (Å²) in [5, 5.41) is 11.5. The predicted octanol–water partition coefficient (Wildman–Crippen LogP) is -0.867. The molecular formula is C8H16N2O4S. The van der Waals surface area contributed by atoms with E-state index >= 15 is 0 Å². The molecule has 88 valence electrons. The lowest BCUT2D eigenvalue weighted by molar-refractivity contribution is -0.136. The molecule has 0 aromatic rings. The van der Waals surface area contributed by atoms with Crippen LogP contribution in [0.1, 0.15) is 19.3 Å². The normalized spacial score (nSPS) is 22.5. The Hall–Kier alpha value is -0.660. The third kappa shape index (κ3) is 5.10. The molecule has 0 spiro atoms. The van der Waals surface area contributed by atoms with Crippen molar-refractivity contribution in [3.63, 3.8) is 0 Å². The van der Waals surface area contributed by atoms with Crippen molar-refractivity contribution in [3.8, 4) is 0 Å². The zero-order valence-electron chi connectivity index (χ0n) is 8.40. The molecular weight excluding hydrogens is 220 g/mol. The highest BCUT2D eigenvalue weighted by Crippen LogP contribution is 2.03. The fourth-order valence-electron chi connectivity index (χ4n) is 1.49. The second kappa shape index (κ2) is 5.43. The van der Waals surface area contributed by atoms with E-state index in [1.54, 1.807) is 0 Å². The van der Waals surface area contributed by atoms with Crippen molar-refractivity contribution in [2.75, 3.05) is 18.8 Å². The minimum Gasteiger partial charge on any atom is -0.481 e. The monoisotopic (exact) mass is 236 g/mol. The van der Waals surface area contributed by atoms with E-state index in [0.717, 1.165) is 19.4 Å². The van der Waals surface area contributed by atoms with Gasteiger partial charge in [0.05, 0.1) is 12.2 Å². The van der Waals surface area contributed by atoms with E-state index < -0.39 is 16.0 Å². The Bertz CT molecular complexity index is 309. The Morgan fingerprint density at radius 2 is 2.27 bits per heavy atom. The Morgan fingerprint density at radius 3 is 2.80 bits per heavy atom. The molecule has 1 saturated heterocycles. The van der Waals surface area contributed by atoms with Gasteiger partial charge in [0.2, 0.25) is 10.0 Å². The first-order valence-corrected chi connectivity index (χ1v) is 6.57. The molecule has 0 aromatic carbocycles. The molecule has 0 bridgehead atoms. The summed E-state index contributed by atoms with van der Waals surface area (Å²) in [6, 6.07) is -0.0995. The van der Waals surface area contributed by atoms with Crippen molar-refractivity contribution in [1.82, 2.24) is 10.0 Å². The maximum Gasteiger partial charge on any atom is 0.304 e. The maximum atomic E-state index is 11.4. The molecule has 6 nitrogen and oxygen atoms in total. The third-order valence-corrected chi connectivity index (χ3v) is 3.66. The van der Waals surface area contributed by atoms with Gasteiger partial charge in [0.25, 0.3) is 0 Å². The standard InChI is InChI=1S/C8H16N2O4S/c11-8(12)3-5-15(13,14)10-7-2-1-4-9-6-7/h7,9-10H,1-6H2,(H,11,12)/t7-/m1/s1. The van der Waals surface area contributed by atoms with Crippen LogP contribution in [0.3, 0.4) is 0 Å². The maximum absolute atomic E-state index is 11.4. The highest BCUT2D eigenvalue weighted by atomic mass is 32.2. The zero-order valence-corrected chi connectivity index (χ0v) is 9.22. The first kappa shape index (κ1) is 12.4. The van der Waals surface area contributed by atoms with E-state index in [9.17, 15) is 13.2 Å². The van der Waals surface area contributed by atoms with Gasteiger partial charge in [-0.15, -0.1) is 0 Å². The summed E-state index contributed by atoms with van der Waals surface area (Å²) in [5.74, 6) is -1.44. The summed E-state index contributed by atoms with van der Waals surface area (Å²) in [5.41, 5.74) is 0. The number of carbonyl (C=O) groups is 1. The van der Waals surface area contributed by atoms with Gasteiger partial charge in [-0.2, -0.15) is 0 Å². The van der Waals surface area contributed by atoms with Crippen LogP contribution in [-0.2, 0) is 14.8 Å². The Kier molecular flexibility index (Phi) is 4.49. The first-order chi connectivity index (χ1) is 6.99. The van der Waals surface area contributed by atoms with Crippen molar-refractivity contribution in [3.05, 3.63) is 0 Å². The second-order valence-corrected chi connectivity index (χ2v) is 5.50. The predicted molar refractivity (Wildman–Crippen MR) is 55.1 cm³/mol. The number of hydrogen-bond donors (Lipinski definition) is 3. The zero-order chi connectivity index (χ0) is 11.3. The fraction of sp³-hybridized carbons (Fsp3) is 0.875. The number of hydrogen-bond acceptors (Lipinski definition) is 4. The summed E-state index contributed by atoms with van der Waals surface area (Å²) in [7, 11) is -3.45. The molecule has 0 aromatic heterocycles. The van der Waals surface area contributed by atoms with Crippen molar-refractivity contribution in [2.24, 2.45) is 0 Å². The quantitative estimate of drug-likeness (QED) is 0.577. The minimum absolute atomic E-state index is 0.0995. The van der Waals surface area contributed by atoms with Gasteiger partial charge >= 0.3 is 5.97 Å². The summed E-state index contributed by atoms with van der Waals surface area (Å²) >= 11 is 0. The number of rotatable bonds is 5. The molecule has 1 aliphatic heterocycles. The largest absolute Gasteiger partial charge is 0.481 e. The van der Waals surface area contributed by atoms with Gasteiger partial charge in [0.1, 0.15) is 0 Å². The van der Waals surface area contributed by atoms with Crippen molar-refractivity contribution in [1.29, 1.82) is 0 Å². The number of piperidine rings is 1. The Balaban J connectivity index is 2.37. The number of aliphatic carboxylic acids is 1. The smallest absolute Gasteiger partial charge is 0.304 e. The molecule has 0 unspecified atom stereocenters. The Labute approximate surface area is 89.1 Å². The lowest BCUT2D eigenvalue weighted by atomic mass is 10.1. The molecule has 0 saturated carbocycles. The molecule has 7 heteroatoms. The Morgan fingerprint density at radius 1 is 1.53 bits per heavy atom. The lowest BCUT2D eigenvalue weighted by Gasteiger charge is -2.23. The van der Waals surface area contributed by atoms with E-state index in [1.807, 2.05) is 0 Å². The summed E-state index contributed by atoms with van der Waals surface area (Å²) in [6.45, 7) is 1.53. The molecule has 1 fully saturated rings. The van der Waals surface area contributed by atoms with Crippen molar-refractivity contribution >= 4 is 16.0 Å². The average molecular weight is 236 g/mol. The van der Waals surface area contributed by atoms with E-state index in [4.69, 9.17) is 5.11 Å². The first-order valence-electron chi connectivity index (χ1n) is 4.92. The molecule has 15 heavy (non-hydrogen) atoms. The summed E-state index contributed by atoms with van der Waals surface area (Å²) in [6.07, 6.45) is 1.39. The number of sulfonamides is 1. The number of carboxylic acid groups (broad SMARTS) is 1. The van der Waals surface area contributed by atoms with Crippen LogP contribution in [0.25, 0.3) is 0 Å². The lowest BCUT2D eigenvalue weighted by Crippen LogP contribution is -2.46. The fourth-order valence-corrected chi connectivity index (χ4v) is 2.76. The van der Waals surface area contributed by atoms with Gasteiger partial charge in [0, 0.05) is 12.6 Å². The van der Waals surface area contributed by atoms with E-state index in [2.05, 4.69) is 10.0 Å². The van der Waals surface area contributed by atoms with Crippen LogP contribution in [0.5, 0.6) is 0 Å². The van der Waals surface area contributed by atoms with Gasteiger partial charge < -0.3 is 10.4 Å². The van der Waals surface area contributed by atoms with Gasteiger partial charge in [-0.25, -0.2) is 13.1 Å². The molecule has 1 rings (SSSR count). The number of nitrogens with one attached hydrogen (secondary N) is 2. The highest BCUT2D eigenvalue weighted by Gasteiger charge is 2.20. The molecule has 1 atom stereocenters. The van der Waals surface area contributed by atoms with Crippen LogP contribution >= 0.6 is 0 Å². The topological polar surface area (TPSA) is 95.5 Å². The number of carboxylic acids is 1. The average Bonchev–Trinajstić information content (AvgIpc) is 2.16. The van der Waals surface area contributed by atoms with Gasteiger partial charge in [0.15, 0.2) is 0 Å². The van der Waals surface area contributed by atoms with Crippen LogP contribution in [0.15, 0.2) is 0 Å². The molecule has 0 aliphatic carbocycles. The molecule has 3 N–H and O–H groups in total. The second-order valence-electron chi connectivity index (χ2n) is 3.62. The van der Waals surface area contributed by atoms with Crippen LogP contribution in [0, 0.1) is 0 Å². The molecule has 1 aliphatic rings. The van der Waals surface area contributed by atoms with E-state index in [-0.39, 0.29) is 18.2 Å². The molecule has 0 radical (unpaired) electrons. The van der Waals surface area contributed by atoms with E-state index in [1.165, 1.54) is 0 Å². The van der Waals surface area contributed by atoms with Gasteiger partial charge in [-0.3, -0.25) is 4.79 Å². The van der Waals surface area contributed by atoms with Crippen LogP contribution in [0.2, 0.25) is 0 Å². The third-order valence-electron chi connectivity index (χ3n) is 2.23. The highest BCUT2D eigenvalue weighted by molar-refractivity contribution is 7.89. The van der Waals surface area contributed by atoms with Crippen LogP contribution in [0.4, 0.5) is 0 Å². The van der Waals surface area contributed by atoms with Crippen molar-refractivity contribution in [2.45, 2.75) is 25.3 Å². The van der Waals surface area contributed by atoms with Gasteiger partial charge in [-0.1, -0.05) is 0 Å². The van der Waals surface area contributed by atoms with Crippen molar-refractivity contribution < 1.29 is 18.3 Å². The molecule has 0 amide bonds.